The molecule has 0 unspecified atom stereocenters. The minimum atomic E-state index is -0.0108. The van der Waals surface area contributed by atoms with Crippen LogP contribution < -0.4 is 5.32 Å². The molecule has 6 rings (SSSR count). The van der Waals surface area contributed by atoms with E-state index in [0.29, 0.717) is 5.89 Å². The highest BCUT2D eigenvalue weighted by molar-refractivity contribution is 5.84. The molecule has 150 valence electrons. The lowest BCUT2D eigenvalue weighted by atomic mass is 9.82. The number of rotatable bonds is 3. The van der Waals surface area contributed by atoms with Crippen LogP contribution in [-0.4, -0.2) is 4.98 Å². The first-order chi connectivity index (χ1) is 15.1. The molecule has 4 aromatic carbocycles. The molecule has 0 saturated heterocycles. The van der Waals surface area contributed by atoms with Crippen molar-refractivity contribution in [1.29, 1.82) is 0 Å². The van der Waals surface area contributed by atoms with Gasteiger partial charge in [-0.2, -0.15) is 0 Å². The van der Waals surface area contributed by atoms with E-state index in [1.54, 1.807) is 0 Å². The molecular weight excluding hydrogens is 380 g/mol. The number of benzene rings is 4. The first-order valence-electron chi connectivity index (χ1n) is 10.6. The Labute approximate surface area is 181 Å². The second-order valence-corrected chi connectivity index (χ2v) is 8.62. The van der Waals surface area contributed by atoms with Crippen LogP contribution >= 0.6 is 0 Å². The highest BCUT2D eigenvalue weighted by atomic mass is 16.3. The molecule has 0 atom stereocenters. The number of hydrogen-bond acceptors (Lipinski definition) is 3. The first kappa shape index (κ1) is 18.0. The molecule has 1 N–H and O–H groups in total. The quantitative estimate of drug-likeness (QED) is 0.339. The van der Waals surface area contributed by atoms with Gasteiger partial charge in [-0.3, -0.25) is 0 Å². The zero-order valence-electron chi connectivity index (χ0n) is 17.5. The van der Waals surface area contributed by atoms with E-state index in [4.69, 9.17) is 4.42 Å². The van der Waals surface area contributed by atoms with Gasteiger partial charge in [-0.15, -0.1) is 0 Å². The van der Waals surface area contributed by atoms with Crippen LogP contribution in [0.25, 0.3) is 33.7 Å². The second kappa shape index (κ2) is 6.58. The van der Waals surface area contributed by atoms with Crippen molar-refractivity contribution in [2.45, 2.75) is 19.3 Å². The SMILES string of the molecule is CC1(C)c2ccccc2-c2ccc(Nc3ccc4nc(-c5ccccc5)oc4c3)cc21. The van der Waals surface area contributed by atoms with Crippen LogP contribution in [0.15, 0.2) is 95.4 Å². The average molecular weight is 402 g/mol. The van der Waals surface area contributed by atoms with Crippen molar-refractivity contribution in [2.75, 3.05) is 5.32 Å². The predicted octanol–water partition coefficient (Wildman–Crippen LogP) is 7.54. The van der Waals surface area contributed by atoms with Crippen molar-refractivity contribution in [3.8, 4) is 22.6 Å². The van der Waals surface area contributed by atoms with E-state index in [2.05, 4.69) is 66.6 Å². The van der Waals surface area contributed by atoms with E-state index in [9.17, 15) is 0 Å². The summed E-state index contributed by atoms with van der Waals surface area (Å²) in [6.45, 7) is 4.60. The van der Waals surface area contributed by atoms with Gasteiger partial charge in [0.05, 0.1) is 0 Å². The van der Waals surface area contributed by atoms with E-state index < -0.39 is 0 Å². The normalized spacial score (nSPS) is 13.7. The van der Waals surface area contributed by atoms with Gasteiger partial charge in [0.25, 0.3) is 0 Å². The van der Waals surface area contributed by atoms with Gasteiger partial charge in [-0.25, -0.2) is 4.98 Å². The molecule has 0 radical (unpaired) electrons. The van der Waals surface area contributed by atoms with Crippen molar-refractivity contribution in [3.05, 3.63) is 102 Å². The first-order valence-corrected chi connectivity index (χ1v) is 10.6. The van der Waals surface area contributed by atoms with Crippen LogP contribution in [0.3, 0.4) is 0 Å². The monoisotopic (exact) mass is 402 g/mol. The minimum absolute atomic E-state index is 0.0108. The predicted molar refractivity (Wildman–Crippen MR) is 127 cm³/mol. The molecular formula is C28H22N2O. The van der Waals surface area contributed by atoms with Crippen molar-refractivity contribution < 1.29 is 4.42 Å². The highest BCUT2D eigenvalue weighted by Gasteiger charge is 2.35. The zero-order valence-corrected chi connectivity index (χ0v) is 17.5. The summed E-state index contributed by atoms with van der Waals surface area (Å²) in [6, 6.07) is 31.4. The molecule has 1 aliphatic rings. The summed E-state index contributed by atoms with van der Waals surface area (Å²) in [6.07, 6.45) is 0. The Bertz CT molecular complexity index is 1430. The summed E-state index contributed by atoms with van der Waals surface area (Å²) in [4.78, 5) is 4.63. The second-order valence-electron chi connectivity index (χ2n) is 8.62. The molecule has 1 heterocycles. The Hall–Kier alpha value is -3.85. The number of nitrogens with one attached hydrogen (secondary N) is 1. The Balaban J connectivity index is 1.34. The molecule has 0 saturated carbocycles. The number of hydrogen-bond donors (Lipinski definition) is 1. The fraction of sp³-hybridized carbons (Fsp3) is 0.107. The van der Waals surface area contributed by atoms with E-state index >= 15 is 0 Å². The van der Waals surface area contributed by atoms with Gasteiger partial charge < -0.3 is 9.73 Å². The van der Waals surface area contributed by atoms with Gasteiger partial charge in [0.1, 0.15) is 5.52 Å². The fourth-order valence-corrected chi connectivity index (χ4v) is 4.66. The van der Waals surface area contributed by atoms with E-state index in [1.807, 2.05) is 48.5 Å². The lowest BCUT2D eigenvalue weighted by molar-refractivity contribution is 0.620. The molecule has 1 aromatic heterocycles. The zero-order chi connectivity index (χ0) is 21.0. The molecule has 0 fully saturated rings. The van der Waals surface area contributed by atoms with E-state index in [1.165, 1.54) is 22.3 Å². The molecule has 3 nitrogen and oxygen atoms in total. The fourth-order valence-electron chi connectivity index (χ4n) is 4.66. The highest BCUT2D eigenvalue weighted by Crippen LogP contribution is 2.49. The van der Waals surface area contributed by atoms with Gasteiger partial charge in [0.2, 0.25) is 5.89 Å². The third-order valence-corrected chi connectivity index (χ3v) is 6.28. The Morgan fingerprint density at radius 2 is 1.42 bits per heavy atom. The van der Waals surface area contributed by atoms with Crippen molar-refractivity contribution in [1.82, 2.24) is 4.98 Å². The van der Waals surface area contributed by atoms with E-state index in [-0.39, 0.29) is 5.41 Å². The smallest absolute Gasteiger partial charge is 0.227 e. The molecule has 1 aliphatic carbocycles. The minimum Gasteiger partial charge on any atom is -0.436 e. The summed E-state index contributed by atoms with van der Waals surface area (Å²) >= 11 is 0. The summed E-state index contributed by atoms with van der Waals surface area (Å²) in [5.74, 6) is 0.643. The third kappa shape index (κ3) is 2.85. The Morgan fingerprint density at radius 1 is 0.710 bits per heavy atom. The van der Waals surface area contributed by atoms with Gasteiger partial charge >= 0.3 is 0 Å². The van der Waals surface area contributed by atoms with Gasteiger partial charge in [-0.05, 0) is 58.7 Å². The number of aromatic nitrogens is 1. The van der Waals surface area contributed by atoms with Crippen molar-refractivity contribution >= 4 is 22.5 Å². The van der Waals surface area contributed by atoms with Crippen LogP contribution in [0, 0.1) is 0 Å². The maximum Gasteiger partial charge on any atom is 0.227 e. The summed E-state index contributed by atoms with van der Waals surface area (Å²) in [5.41, 5.74) is 10.1. The maximum atomic E-state index is 6.03. The Kier molecular flexibility index (Phi) is 3.81. The van der Waals surface area contributed by atoms with Gasteiger partial charge in [0.15, 0.2) is 5.58 Å². The average Bonchev–Trinajstić information content (AvgIpc) is 3.32. The van der Waals surface area contributed by atoms with E-state index in [0.717, 1.165) is 28.0 Å². The van der Waals surface area contributed by atoms with Crippen LogP contribution in [0.5, 0.6) is 0 Å². The maximum absolute atomic E-state index is 6.03. The molecule has 0 bridgehead atoms. The van der Waals surface area contributed by atoms with Crippen LogP contribution in [0.1, 0.15) is 25.0 Å². The van der Waals surface area contributed by atoms with Crippen molar-refractivity contribution in [3.63, 3.8) is 0 Å². The Morgan fingerprint density at radius 3 is 2.29 bits per heavy atom. The van der Waals surface area contributed by atoms with Crippen LogP contribution in [0.4, 0.5) is 11.4 Å². The molecule has 0 amide bonds. The number of oxazole rings is 1. The van der Waals surface area contributed by atoms with Gasteiger partial charge in [-0.1, -0.05) is 62.4 Å². The lowest BCUT2D eigenvalue weighted by Crippen LogP contribution is -2.15. The molecule has 5 aromatic rings. The standard InChI is InChI=1S/C28H22N2O/c1-28(2)23-11-7-6-10-21(23)22-14-12-19(16-24(22)28)29-20-13-15-25-26(17-20)31-27(30-25)18-8-4-3-5-9-18/h3-17,29H,1-2H3. The van der Waals surface area contributed by atoms with Crippen molar-refractivity contribution in [2.24, 2.45) is 0 Å². The number of anilines is 2. The van der Waals surface area contributed by atoms with Crippen LogP contribution in [0.2, 0.25) is 0 Å². The van der Waals surface area contributed by atoms with Gasteiger partial charge in [0, 0.05) is 28.4 Å². The summed E-state index contributed by atoms with van der Waals surface area (Å²) in [7, 11) is 0. The molecule has 31 heavy (non-hydrogen) atoms. The third-order valence-electron chi connectivity index (χ3n) is 6.28. The number of fused-ring (bicyclic) bond motifs is 4. The number of nitrogens with zero attached hydrogens (tertiary/aromatic N) is 1. The molecule has 3 heteroatoms. The molecule has 0 spiro atoms. The molecule has 0 aliphatic heterocycles. The lowest BCUT2D eigenvalue weighted by Gasteiger charge is -2.22. The van der Waals surface area contributed by atoms with Crippen LogP contribution in [-0.2, 0) is 5.41 Å². The largest absolute Gasteiger partial charge is 0.436 e. The topological polar surface area (TPSA) is 38.1 Å². The summed E-state index contributed by atoms with van der Waals surface area (Å²) < 4.78 is 6.03. The summed E-state index contributed by atoms with van der Waals surface area (Å²) in [5, 5.41) is 3.55.